The predicted octanol–water partition coefficient (Wildman–Crippen LogP) is 2.74. The Morgan fingerprint density at radius 2 is 1.48 bits per heavy atom. The highest BCUT2D eigenvalue weighted by Crippen LogP contribution is 2.10. The molecule has 0 amide bonds. The van der Waals surface area contributed by atoms with Crippen LogP contribution in [0.4, 0.5) is 0 Å². The second kappa shape index (κ2) is 9.68. The molecule has 0 radical (unpaired) electrons. The quantitative estimate of drug-likeness (QED) is 0.470. The smallest absolute Gasteiger partial charge is 0.210 e. The number of Topliss-reactive ketones (excluding diaryl/α,β-unsaturated/α-hetero) is 1. The summed E-state index contributed by atoms with van der Waals surface area (Å²) in [5.41, 5.74) is 4.51. The second-order valence-electron chi connectivity index (χ2n) is 7.09. The molecule has 0 saturated carbocycles. The predicted molar refractivity (Wildman–Crippen MR) is 102 cm³/mol. The fraction of sp³-hybridized carbons (Fsp3) is 0.600. The van der Waals surface area contributed by atoms with Gasteiger partial charge in [-0.2, -0.15) is 5.10 Å². The average Bonchev–Trinajstić information content (AvgIpc) is 2.69. The Hall–Kier alpha value is -1.72. The Kier molecular flexibility index (Phi) is 7.00. The molecular weight excluding hydrogens is 312 g/mol. The molecule has 2 saturated heterocycles. The molecule has 136 valence electrons. The van der Waals surface area contributed by atoms with Gasteiger partial charge in [-0.15, -0.1) is 0 Å². The Morgan fingerprint density at radius 3 is 2.12 bits per heavy atom. The molecule has 2 fully saturated rings. The molecule has 0 bridgehead atoms. The number of nitrogens with one attached hydrogen (secondary N) is 1. The summed E-state index contributed by atoms with van der Waals surface area (Å²) >= 11 is 0. The van der Waals surface area contributed by atoms with Gasteiger partial charge in [0.05, 0.1) is 6.67 Å². The number of rotatable bonds is 7. The molecule has 25 heavy (non-hydrogen) atoms. The van der Waals surface area contributed by atoms with Gasteiger partial charge in [0.15, 0.2) is 0 Å². The van der Waals surface area contributed by atoms with Gasteiger partial charge in [0, 0.05) is 12.1 Å². The Morgan fingerprint density at radius 1 is 0.880 bits per heavy atom. The largest absolute Gasteiger partial charge is 0.297 e. The Bertz CT molecular complexity index is 560. The van der Waals surface area contributed by atoms with Crippen LogP contribution in [0.15, 0.2) is 35.4 Å². The van der Waals surface area contributed by atoms with Crippen molar-refractivity contribution >= 4 is 11.5 Å². The van der Waals surface area contributed by atoms with Crippen LogP contribution in [0.3, 0.4) is 0 Å². The van der Waals surface area contributed by atoms with Gasteiger partial charge in [-0.25, -0.2) is 0 Å². The van der Waals surface area contributed by atoms with Crippen molar-refractivity contribution in [2.45, 2.75) is 38.5 Å². The third-order valence-electron chi connectivity index (χ3n) is 5.08. The molecule has 0 aliphatic carbocycles. The zero-order valence-corrected chi connectivity index (χ0v) is 15.1. The maximum absolute atomic E-state index is 12.9. The summed E-state index contributed by atoms with van der Waals surface area (Å²) in [5, 5.41) is 4.52. The lowest BCUT2D eigenvalue weighted by atomic mass is 10.1. The minimum atomic E-state index is 0.0392. The first-order valence-corrected chi connectivity index (χ1v) is 9.67. The number of carbonyl (C=O) groups excluding carboxylic acids is 1. The standard InChI is InChI=1S/C20H30N4O/c25-20(18-10-4-1-5-11-18)19(16-23-12-6-2-7-13-23)22-21-17-24-14-8-3-9-15-24/h1,4-5,10-11,21H,2-3,6-9,12-17H2/b22-19-. The van der Waals surface area contributed by atoms with Crippen LogP contribution in [0.2, 0.25) is 0 Å². The van der Waals surface area contributed by atoms with Crippen LogP contribution in [0.5, 0.6) is 0 Å². The third-order valence-corrected chi connectivity index (χ3v) is 5.08. The highest BCUT2D eigenvalue weighted by atomic mass is 16.1. The first kappa shape index (κ1) is 18.1. The van der Waals surface area contributed by atoms with Gasteiger partial charge in [-0.1, -0.05) is 43.2 Å². The molecule has 3 rings (SSSR count). The Labute approximate surface area is 151 Å². The molecule has 0 spiro atoms. The van der Waals surface area contributed by atoms with Crippen LogP contribution in [0.25, 0.3) is 0 Å². The lowest BCUT2D eigenvalue weighted by Crippen LogP contribution is -2.40. The number of piperidine rings is 2. The van der Waals surface area contributed by atoms with Crippen LogP contribution in [-0.4, -0.2) is 60.7 Å². The van der Waals surface area contributed by atoms with E-state index in [2.05, 4.69) is 20.3 Å². The topological polar surface area (TPSA) is 47.9 Å². The molecule has 1 aromatic carbocycles. The van der Waals surface area contributed by atoms with Crippen molar-refractivity contribution in [2.24, 2.45) is 5.10 Å². The van der Waals surface area contributed by atoms with Crippen molar-refractivity contribution in [3.05, 3.63) is 35.9 Å². The van der Waals surface area contributed by atoms with E-state index in [1.54, 1.807) is 0 Å². The summed E-state index contributed by atoms with van der Waals surface area (Å²) in [4.78, 5) is 17.6. The molecule has 0 aromatic heterocycles. The van der Waals surface area contributed by atoms with E-state index in [1.807, 2.05) is 30.3 Å². The number of ketones is 1. The molecule has 2 aliphatic heterocycles. The summed E-state index contributed by atoms with van der Waals surface area (Å²) < 4.78 is 0. The minimum absolute atomic E-state index is 0.0392. The van der Waals surface area contributed by atoms with Crippen molar-refractivity contribution in [1.29, 1.82) is 0 Å². The zero-order chi connectivity index (χ0) is 17.3. The number of hydrogen-bond acceptors (Lipinski definition) is 5. The normalized spacial score (nSPS) is 20.4. The van der Waals surface area contributed by atoms with Crippen LogP contribution in [0, 0.1) is 0 Å². The first-order chi connectivity index (χ1) is 12.3. The molecule has 0 unspecified atom stereocenters. The van der Waals surface area contributed by atoms with E-state index in [4.69, 9.17) is 0 Å². The van der Waals surface area contributed by atoms with Crippen LogP contribution in [-0.2, 0) is 0 Å². The summed E-state index contributed by atoms with van der Waals surface area (Å²) in [6.45, 7) is 5.74. The molecule has 0 atom stereocenters. The maximum atomic E-state index is 12.9. The van der Waals surface area contributed by atoms with Gasteiger partial charge in [0.2, 0.25) is 5.78 Å². The van der Waals surface area contributed by atoms with Gasteiger partial charge in [0.25, 0.3) is 0 Å². The van der Waals surface area contributed by atoms with E-state index in [-0.39, 0.29) is 5.78 Å². The monoisotopic (exact) mass is 342 g/mol. The van der Waals surface area contributed by atoms with Gasteiger partial charge < -0.3 is 0 Å². The lowest BCUT2D eigenvalue weighted by Gasteiger charge is -2.27. The summed E-state index contributed by atoms with van der Waals surface area (Å²) in [7, 11) is 0. The third kappa shape index (κ3) is 5.65. The van der Waals surface area contributed by atoms with Crippen molar-refractivity contribution in [3.8, 4) is 0 Å². The first-order valence-electron chi connectivity index (χ1n) is 9.67. The van der Waals surface area contributed by atoms with E-state index in [0.717, 1.165) is 38.4 Å². The van der Waals surface area contributed by atoms with Crippen LogP contribution in [0.1, 0.15) is 48.9 Å². The fourth-order valence-corrected chi connectivity index (χ4v) is 3.59. The van der Waals surface area contributed by atoms with Crippen molar-refractivity contribution in [3.63, 3.8) is 0 Å². The van der Waals surface area contributed by atoms with E-state index in [0.29, 0.717) is 12.3 Å². The Balaban J connectivity index is 1.64. The molecule has 1 N–H and O–H groups in total. The van der Waals surface area contributed by atoms with E-state index < -0.39 is 0 Å². The molecular formula is C20H30N4O. The molecule has 5 heteroatoms. The van der Waals surface area contributed by atoms with Gasteiger partial charge in [-0.05, 0) is 51.9 Å². The summed E-state index contributed by atoms with van der Waals surface area (Å²) in [5.74, 6) is 0.0392. The van der Waals surface area contributed by atoms with Gasteiger partial charge in [-0.3, -0.25) is 20.0 Å². The second-order valence-corrected chi connectivity index (χ2v) is 7.09. The zero-order valence-electron chi connectivity index (χ0n) is 15.1. The van der Waals surface area contributed by atoms with Crippen LogP contribution < -0.4 is 5.43 Å². The fourth-order valence-electron chi connectivity index (χ4n) is 3.59. The lowest BCUT2D eigenvalue weighted by molar-refractivity contribution is 0.105. The summed E-state index contributed by atoms with van der Waals surface area (Å²) in [6.07, 6.45) is 7.57. The molecule has 5 nitrogen and oxygen atoms in total. The highest BCUT2D eigenvalue weighted by molar-refractivity contribution is 6.46. The molecule has 2 heterocycles. The van der Waals surface area contributed by atoms with Crippen LogP contribution >= 0.6 is 0 Å². The van der Waals surface area contributed by atoms with E-state index in [1.165, 1.54) is 38.5 Å². The average molecular weight is 342 g/mol. The molecule has 1 aromatic rings. The number of nitrogens with zero attached hydrogens (tertiary/aromatic N) is 3. The van der Waals surface area contributed by atoms with Gasteiger partial charge in [0.1, 0.15) is 5.71 Å². The number of likely N-dealkylation sites (tertiary alicyclic amines) is 2. The molecule has 2 aliphatic rings. The number of carbonyl (C=O) groups is 1. The van der Waals surface area contributed by atoms with Gasteiger partial charge >= 0.3 is 0 Å². The van der Waals surface area contributed by atoms with Crippen molar-refractivity contribution < 1.29 is 4.79 Å². The number of hydrazone groups is 1. The number of hydrogen-bond donors (Lipinski definition) is 1. The van der Waals surface area contributed by atoms with E-state index >= 15 is 0 Å². The highest BCUT2D eigenvalue weighted by Gasteiger charge is 2.19. The number of benzene rings is 1. The minimum Gasteiger partial charge on any atom is -0.297 e. The summed E-state index contributed by atoms with van der Waals surface area (Å²) in [6, 6.07) is 9.50. The van der Waals surface area contributed by atoms with E-state index in [9.17, 15) is 4.79 Å². The SMILES string of the molecule is O=C(/C(CN1CCCCC1)=N\NCN1CCCCC1)c1ccccc1. The van der Waals surface area contributed by atoms with Crippen molar-refractivity contribution in [1.82, 2.24) is 15.2 Å². The maximum Gasteiger partial charge on any atom is 0.210 e. The van der Waals surface area contributed by atoms with Crippen molar-refractivity contribution in [2.75, 3.05) is 39.4 Å².